The molecule has 1 aliphatic heterocycles. The third-order valence-corrected chi connectivity index (χ3v) is 7.94. The number of hydrogen-bond donors (Lipinski definition) is 0. The van der Waals surface area contributed by atoms with Gasteiger partial charge in [0, 0.05) is 11.0 Å². The van der Waals surface area contributed by atoms with Crippen LogP contribution in [0.25, 0.3) is 0 Å². The number of thioether (sulfide) groups is 2. The van der Waals surface area contributed by atoms with Gasteiger partial charge in [-0.15, -0.1) is 23.5 Å². The second-order valence-corrected chi connectivity index (χ2v) is 9.87. The monoisotopic (exact) mass is 408 g/mol. The summed E-state index contributed by atoms with van der Waals surface area (Å²) in [7, 11) is 0. The molecule has 0 saturated carbocycles. The second kappa shape index (κ2) is 9.44. The molecule has 2 unspecified atom stereocenters. The van der Waals surface area contributed by atoms with Crippen LogP contribution in [0, 0.1) is 0 Å². The van der Waals surface area contributed by atoms with Crippen LogP contribution in [0.3, 0.4) is 0 Å². The summed E-state index contributed by atoms with van der Waals surface area (Å²) in [6.45, 7) is 3.44. The number of hydrogen-bond acceptors (Lipinski definition) is 4. The molecule has 3 aromatic carbocycles. The Hall–Kier alpha value is -2.04. The van der Waals surface area contributed by atoms with Crippen molar-refractivity contribution in [3.05, 3.63) is 95.6 Å². The van der Waals surface area contributed by atoms with E-state index >= 15 is 0 Å². The quantitative estimate of drug-likeness (QED) is 0.432. The Balaban J connectivity index is 1.26. The van der Waals surface area contributed by atoms with Crippen LogP contribution in [0.4, 0.5) is 0 Å². The summed E-state index contributed by atoms with van der Waals surface area (Å²) in [5.41, 5.74) is 3.68. The van der Waals surface area contributed by atoms with Crippen LogP contribution in [-0.2, 0) is 13.2 Å². The zero-order chi connectivity index (χ0) is 19.2. The summed E-state index contributed by atoms with van der Waals surface area (Å²) in [6, 6.07) is 26.9. The molecule has 0 aromatic heterocycles. The Bertz CT molecular complexity index is 863. The average molecular weight is 409 g/mol. The van der Waals surface area contributed by atoms with Crippen molar-refractivity contribution in [1.82, 2.24) is 0 Å². The van der Waals surface area contributed by atoms with Crippen LogP contribution in [0.2, 0.25) is 0 Å². The van der Waals surface area contributed by atoms with Crippen molar-refractivity contribution in [2.45, 2.75) is 30.0 Å². The van der Waals surface area contributed by atoms with Gasteiger partial charge in [-0.1, -0.05) is 61.5 Å². The molecule has 2 atom stereocenters. The van der Waals surface area contributed by atoms with E-state index in [-0.39, 0.29) is 0 Å². The number of ether oxygens (including phenoxy) is 2. The molecule has 4 rings (SSSR count). The van der Waals surface area contributed by atoms with Crippen LogP contribution in [0.1, 0.15) is 28.2 Å². The molecule has 28 heavy (non-hydrogen) atoms. The summed E-state index contributed by atoms with van der Waals surface area (Å²) < 4.78 is 12.3. The van der Waals surface area contributed by atoms with Crippen molar-refractivity contribution in [3.63, 3.8) is 0 Å². The Morgan fingerprint density at radius 1 is 0.750 bits per heavy atom. The molecule has 0 bridgehead atoms. The van der Waals surface area contributed by atoms with Gasteiger partial charge in [0.1, 0.15) is 24.7 Å². The van der Waals surface area contributed by atoms with E-state index in [9.17, 15) is 0 Å². The summed E-state index contributed by atoms with van der Waals surface area (Å²) in [6.07, 6.45) is 0. The zero-order valence-electron chi connectivity index (χ0n) is 15.9. The summed E-state index contributed by atoms with van der Waals surface area (Å²) >= 11 is 4.08. The highest BCUT2D eigenvalue weighted by Crippen LogP contribution is 2.49. The molecule has 0 spiro atoms. The lowest BCUT2D eigenvalue weighted by Crippen LogP contribution is -1.97. The largest absolute Gasteiger partial charge is 0.489 e. The lowest BCUT2D eigenvalue weighted by molar-refractivity contribution is 0.301. The van der Waals surface area contributed by atoms with E-state index in [1.165, 1.54) is 16.9 Å². The van der Waals surface area contributed by atoms with E-state index in [4.69, 9.17) is 9.47 Å². The van der Waals surface area contributed by atoms with Crippen molar-refractivity contribution in [2.24, 2.45) is 0 Å². The lowest BCUT2D eigenvalue weighted by Gasteiger charge is -2.11. The topological polar surface area (TPSA) is 18.5 Å². The molecule has 0 amide bonds. The minimum atomic E-state index is 0.558. The van der Waals surface area contributed by atoms with Crippen molar-refractivity contribution in [2.75, 3.05) is 5.75 Å². The zero-order valence-corrected chi connectivity index (χ0v) is 17.5. The molecule has 4 heteroatoms. The van der Waals surface area contributed by atoms with Gasteiger partial charge in [0.25, 0.3) is 0 Å². The highest BCUT2D eigenvalue weighted by Gasteiger charge is 2.23. The molecule has 1 heterocycles. The Morgan fingerprint density at radius 3 is 1.89 bits per heavy atom. The average Bonchev–Trinajstić information content (AvgIpc) is 3.19. The maximum Gasteiger partial charge on any atom is 0.119 e. The molecular formula is C24H24O2S2. The smallest absolute Gasteiger partial charge is 0.119 e. The van der Waals surface area contributed by atoms with Crippen LogP contribution in [-0.4, -0.2) is 11.0 Å². The van der Waals surface area contributed by atoms with Gasteiger partial charge in [-0.3, -0.25) is 0 Å². The molecule has 144 valence electrons. The summed E-state index contributed by atoms with van der Waals surface area (Å²) in [5.74, 6) is 3.02. The van der Waals surface area contributed by atoms with Crippen LogP contribution in [0.5, 0.6) is 11.5 Å². The number of rotatable bonds is 7. The lowest BCUT2D eigenvalue weighted by atomic mass is 10.2. The highest BCUT2D eigenvalue weighted by atomic mass is 32.2. The van der Waals surface area contributed by atoms with Crippen LogP contribution < -0.4 is 9.47 Å². The molecule has 1 fully saturated rings. The van der Waals surface area contributed by atoms with Crippen LogP contribution >= 0.6 is 23.5 Å². The fourth-order valence-corrected chi connectivity index (χ4v) is 6.20. The third kappa shape index (κ3) is 5.27. The molecule has 3 aromatic rings. The van der Waals surface area contributed by atoms with Crippen LogP contribution in [0.15, 0.2) is 78.9 Å². The van der Waals surface area contributed by atoms with Gasteiger partial charge < -0.3 is 9.47 Å². The van der Waals surface area contributed by atoms with E-state index in [1.807, 2.05) is 53.9 Å². The number of benzene rings is 3. The third-order valence-electron chi connectivity index (χ3n) is 4.57. The van der Waals surface area contributed by atoms with Crippen molar-refractivity contribution >= 4 is 23.5 Å². The minimum Gasteiger partial charge on any atom is -0.489 e. The molecule has 0 N–H and O–H groups in total. The van der Waals surface area contributed by atoms with Gasteiger partial charge in [-0.05, 0) is 41.0 Å². The van der Waals surface area contributed by atoms with E-state index in [0.717, 1.165) is 22.3 Å². The maximum absolute atomic E-state index is 5.95. The van der Waals surface area contributed by atoms with E-state index in [0.29, 0.717) is 17.8 Å². The highest BCUT2D eigenvalue weighted by molar-refractivity contribution is 8.19. The molecule has 1 aliphatic rings. The molecular weight excluding hydrogens is 384 g/mol. The standard InChI is InChI=1S/C24H24O2S2/c1-18-17-27-24(28-18)21-9-13-23(14-10-21)26-16-20-7-11-22(12-8-20)25-15-19-5-3-2-4-6-19/h2-14,18,24H,15-17H2,1H3. The van der Waals surface area contributed by atoms with Gasteiger partial charge in [0.05, 0.1) is 4.58 Å². The molecule has 0 radical (unpaired) electrons. The first kappa shape index (κ1) is 19.3. The molecule has 1 saturated heterocycles. The van der Waals surface area contributed by atoms with Crippen molar-refractivity contribution in [3.8, 4) is 11.5 Å². The Morgan fingerprint density at radius 2 is 1.32 bits per heavy atom. The fraction of sp³-hybridized carbons (Fsp3) is 0.250. The van der Waals surface area contributed by atoms with Crippen molar-refractivity contribution < 1.29 is 9.47 Å². The van der Waals surface area contributed by atoms with E-state index in [2.05, 4.69) is 55.5 Å². The maximum atomic E-state index is 5.95. The van der Waals surface area contributed by atoms with E-state index in [1.54, 1.807) is 0 Å². The van der Waals surface area contributed by atoms with Gasteiger partial charge in [-0.2, -0.15) is 0 Å². The predicted octanol–water partition coefficient (Wildman–Crippen LogP) is 6.71. The van der Waals surface area contributed by atoms with E-state index < -0.39 is 0 Å². The van der Waals surface area contributed by atoms with Gasteiger partial charge >= 0.3 is 0 Å². The Labute approximate surface area is 175 Å². The first-order valence-corrected chi connectivity index (χ1v) is 11.5. The van der Waals surface area contributed by atoms with Gasteiger partial charge in [0.15, 0.2) is 0 Å². The van der Waals surface area contributed by atoms with Gasteiger partial charge in [0.2, 0.25) is 0 Å². The summed E-state index contributed by atoms with van der Waals surface area (Å²) in [5, 5.41) is 0.741. The molecule has 2 nitrogen and oxygen atoms in total. The second-order valence-electron chi connectivity index (χ2n) is 6.89. The molecule has 0 aliphatic carbocycles. The SMILES string of the molecule is CC1CSC(c2ccc(OCc3ccc(OCc4ccccc4)cc3)cc2)S1. The first-order valence-electron chi connectivity index (χ1n) is 9.52. The first-order chi connectivity index (χ1) is 13.8. The minimum absolute atomic E-state index is 0.558. The predicted molar refractivity (Wildman–Crippen MR) is 120 cm³/mol. The summed E-state index contributed by atoms with van der Waals surface area (Å²) in [4.78, 5) is 0. The van der Waals surface area contributed by atoms with Gasteiger partial charge in [-0.25, -0.2) is 0 Å². The van der Waals surface area contributed by atoms with Crippen molar-refractivity contribution in [1.29, 1.82) is 0 Å². The Kier molecular flexibility index (Phi) is 6.50. The fourth-order valence-electron chi connectivity index (χ4n) is 3.00. The normalized spacial score (nSPS) is 18.8.